The van der Waals surface area contributed by atoms with E-state index in [2.05, 4.69) is 34.6 Å². The van der Waals surface area contributed by atoms with Crippen LogP contribution in [0, 0.1) is 17.0 Å². The van der Waals surface area contributed by atoms with Gasteiger partial charge in [0.1, 0.15) is 24.4 Å². The number of nitro groups is 1. The van der Waals surface area contributed by atoms with Gasteiger partial charge in [-0.15, -0.1) is 0 Å². The van der Waals surface area contributed by atoms with Crippen molar-refractivity contribution in [3.05, 3.63) is 93.7 Å². The summed E-state index contributed by atoms with van der Waals surface area (Å²) in [4.78, 5) is 14.0. The van der Waals surface area contributed by atoms with Crippen LogP contribution in [0.15, 0.2) is 72.0 Å². The number of hydrogen-bond donors (Lipinski definition) is 1. The molecule has 2 aromatic carbocycles. The SMILES string of the molecule is Cc1ccc(COc2ccc(/C=N\Nc3ccc([N+](=O)[O-])cn3)cc2)cc1. The Morgan fingerprint density at radius 2 is 1.85 bits per heavy atom. The van der Waals surface area contributed by atoms with Crippen molar-refractivity contribution in [2.45, 2.75) is 13.5 Å². The summed E-state index contributed by atoms with van der Waals surface area (Å²) in [7, 11) is 0. The molecule has 0 fully saturated rings. The van der Waals surface area contributed by atoms with Gasteiger partial charge < -0.3 is 4.74 Å². The molecular weight excluding hydrogens is 344 g/mol. The third kappa shape index (κ3) is 5.37. The number of rotatable bonds is 7. The Bertz CT molecular complexity index is 921. The molecule has 27 heavy (non-hydrogen) atoms. The maximum atomic E-state index is 10.6. The molecule has 0 saturated heterocycles. The Morgan fingerprint density at radius 3 is 2.48 bits per heavy atom. The van der Waals surface area contributed by atoms with Crippen molar-refractivity contribution in [3.8, 4) is 5.75 Å². The molecule has 0 aliphatic heterocycles. The first-order valence-corrected chi connectivity index (χ1v) is 8.28. The van der Waals surface area contributed by atoms with Crippen molar-refractivity contribution < 1.29 is 9.66 Å². The van der Waals surface area contributed by atoms with Crippen LogP contribution in [-0.2, 0) is 6.61 Å². The maximum absolute atomic E-state index is 10.6. The average molecular weight is 362 g/mol. The van der Waals surface area contributed by atoms with Crippen LogP contribution >= 0.6 is 0 Å². The fourth-order valence-corrected chi connectivity index (χ4v) is 2.23. The molecule has 7 heteroatoms. The molecule has 3 rings (SSSR count). The van der Waals surface area contributed by atoms with Gasteiger partial charge in [0.15, 0.2) is 0 Å². The molecule has 1 aromatic heterocycles. The van der Waals surface area contributed by atoms with Crippen molar-refractivity contribution in [2.75, 3.05) is 5.43 Å². The standard InChI is InChI=1S/C20H18N4O3/c1-15-2-4-17(5-3-15)14-27-19-9-6-16(7-10-19)12-22-23-20-11-8-18(13-21-20)24(25)26/h2-13H,14H2,1H3,(H,21,23)/b22-12-. The van der Waals surface area contributed by atoms with E-state index in [0.717, 1.165) is 16.9 Å². The van der Waals surface area contributed by atoms with Crippen molar-refractivity contribution in [3.63, 3.8) is 0 Å². The van der Waals surface area contributed by atoms with Gasteiger partial charge in [0, 0.05) is 6.07 Å². The third-order valence-electron chi connectivity index (χ3n) is 3.76. The molecule has 136 valence electrons. The largest absolute Gasteiger partial charge is 0.489 e. The molecule has 0 amide bonds. The minimum atomic E-state index is -0.498. The molecule has 0 unspecified atom stereocenters. The number of pyridine rings is 1. The number of anilines is 1. The Hall–Kier alpha value is -3.74. The van der Waals surface area contributed by atoms with Crippen LogP contribution in [0.5, 0.6) is 5.75 Å². The van der Waals surface area contributed by atoms with Gasteiger partial charge in [-0.05, 0) is 48.4 Å². The summed E-state index contributed by atoms with van der Waals surface area (Å²) in [6.07, 6.45) is 2.81. The lowest BCUT2D eigenvalue weighted by Gasteiger charge is -2.06. The van der Waals surface area contributed by atoms with Gasteiger partial charge in [0.25, 0.3) is 5.69 Å². The highest BCUT2D eigenvalue weighted by atomic mass is 16.6. The highest BCUT2D eigenvalue weighted by Gasteiger charge is 2.04. The summed E-state index contributed by atoms with van der Waals surface area (Å²) < 4.78 is 5.77. The minimum absolute atomic E-state index is 0.0641. The van der Waals surface area contributed by atoms with E-state index >= 15 is 0 Å². The van der Waals surface area contributed by atoms with Gasteiger partial charge >= 0.3 is 0 Å². The lowest BCUT2D eigenvalue weighted by atomic mass is 10.2. The molecule has 0 aliphatic carbocycles. The first-order valence-electron chi connectivity index (χ1n) is 8.28. The maximum Gasteiger partial charge on any atom is 0.287 e. The second-order valence-electron chi connectivity index (χ2n) is 5.87. The van der Waals surface area contributed by atoms with Crippen molar-refractivity contribution in [1.29, 1.82) is 0 Å². The lowest BCUT2D eigenvalue weighted by molar-refractivity contribution is -0.385. The average Bonchev–Trinajstić information content (AvgIpc) is 2.69. The summed E-state index contributed by atoms with van der Waals surface area (Å²) in [6, 6.07) is 18.6. The van der Waals surface area contributed by atoms with Crippen LogP contribution in [0.3, 0.4) is 0 Å². The molecule has 0 radical (unpaired) electrons. The predicted octanol–water partition coefficient (Wildman–Crippen LogP) is 4.32. The van der Waals surface area contributed by atoms with Crippen LogP contribution in [-0.4, -0.2) is 16.1 Å². The van der Waals surface area contributed by atoms with Crippen molar-refractivity contribution >= 4 is 17.7 Å². The van der Waals surface area contributed by atoms with Crippen LogP contribution in [0.1, 0.15) is 16.7 Å². The molecule has 1 N–H and O–H groups in total. The number of nitrogens with one attached hydrogen (secondary N) is 1. The molecular formula is C20H18N4O3. The Kier molecular flexibility index (Phi) is 5.73. The van der Waals surface area contributed by atoms with Crippen molar-refractivity contribution in [1.82, 2.24) is 4.98 Å². The highest BCUT2D eigenvalue weighted by Crippen LogP contribution is 2.14. The molecule has 0 saturated carbocycles. The zero-order chi connectivity index (χ0) is 19.1. The summed E-state index contributed by atoms with van der Waals surface area (Å²) in [5.74, 6) is 1.20. The van der Waals surface area contributed by atoms with Crippen LogP contribution in [0.4, 0.5) is 11.5 Å². The zero-order valence-corrected chi connectivity index (χ0v) is 14.7. The van der Waals surface area contributed by atoms with Gasteiger partial charge in [-0.1, -0.05) is 29.8 Å². The molecule has 1 heterocycles. The number of benzene rings is 2. The highest BCUT2D eigenvalue weighted by molar-refractivity contribution is 5.80. The smallest absolute Gasteiger partial charge is 0.287 e. The quantitative estimate of drug-likeness (QED) is 0.384. The number of aromatic nitrogens is 1. The van der Waals surface area contributed by atoms with E-state index in [1.807, 2.05) is 36.4 Å². The van der Waals surface area contributed by atoms with Crippen molar-refractivity contribution in [2.24, 2.45) is 5.10 Å². The zero-order valence-electron chi connectivity index (χ0n) is 14.7. The molecule has 0 aliphatic rings. The summed E-state index contributed by atoms with van der Waals surface area (Å²) in [5, 5.41) is 14.7. The second-order valence-corrected chi connectivity index (χ2v) is 5.87. The Balaban J connectivity index is 1.51. The Labute approximate surface area is 156 Å². The number of aryl methyl sites for hydroxylation is 1. The van der Waals surface area contributed by atoms with Gasteiger partial charge in [-0.25, -0.2) is 4.98 Å². The van der Waals surface area contributed by atoms with Gasteiger partial charge in [-0.3, -0.25) is 15.5 Å². The number of hydrogen-bond acceptors (Lipinski definition) is 6. The number of ether oxygens (including phenoxy) is 1. The van der Waals surface area contributed by atoms with Crippen LogP contribution in [0.2, 0.25) is 0 Å². The third-order valence-corrected chi connectivity index (χ3v) is 3.76. The molecule has 0 bridgehead atoms. The molecule has 0 spiro atoms. The fraction of sp³-hybridized carbons (Fsp3) is 0.100. The molecule has 3 aromatic rings. The predicted molar refractivity (Wildman–Crippen MR) is 104 cm³/mol. The monoisotopic (exact) mass is 362 g/mol. The normalized spacial score (nSPS) is 10.7. The lowest BCUT2D eigenvalue weighted by Crippen LogP contribution is -1.96. The van der Waals surface area contributed by atoms with E-state index in [1.54, 1.807) is 6.21 Å². The molecule has 0 atom stereocenters. The topological polar surface area (TPSA) is 89.6 Å². The minimum Gasteiger partial charge on any atom is -0.489 e. The van der Waals surface area contributed by atoms with E-state index in [-0.39, 0.29) is 5.69 Å². The summed E-state index contributed by atoms with van der Waals surface area (Å²) in [6.45, 7) is 2.57. The van der Waals surface area contributed by atoms with Crippen LogP contribution < -0.4 is 10.2 Å². The van der Waals surface area contributed by atoms with Gasteiger partial charge in [0.2, 0.25) is 0 Å². The summed E-state index contributed by atoms with van der Waals surface area (Å²) >= 11 is 0. The number of nitrogens with zero attached hydrogens (tertiary/aromatic N) is 3. The van der Waals surface area contributed by atoms with Gasteiger partial charge in [0.05, 0.1) is 11.1 Å². The van der Waals surface area contributed by atoms with E-state index in [4.69, 9.17) is 4.74 Å². The Morgan fingerprint density at radius 1 is 1.11 bits per heavy atom. The van der Waals surface area contributed by atoms with Gasteiger partial charge in [-0.2, -0.15) is 5.10 Å². The first kappa shape index (κ1) is 18.1. The molecule has 7 nitrogen and oxygen atoms in total. The van der Waals surface area contributed by atoms with E-state index in [0.29, 0.717) is 12.4 Å². The fourth-order valence-electron chi connectivity index (χ4n) is 2.23. The van der Waals surface area contributed by atoms with E-state index in [9.17, 15) is 10.1 Å². The summed E-state index contributed by atoms with van der Waals surface area (Å²) in [5.41, 5.74) is 5.89. The van der Waals surface area contributed by atoms with E-state index in [1.165, 1.54) is 23.9 Å². The van der Waals surface area contributed by atoms with Crippen LogP contribution in [0.25, 0.3) is 0 Å². The first-order chi connectivity index (χ1) is 13.1. The van der Waals surface area contributed by atoms with E-state index < -0.39 is 4.92 Å². The second kappa shape index (κ2) is 8.57. The number of hydrazone groups is 1.